The van der Waals surface area contributed by atoms with E-state index < -0.39 is 18.2 Å². The normalized spacial score (nSPS) is 17.1. The van der Waals surface area contributed by atoms with Crippen molar-refractivity contribution in [1.82, 2.24) is 10.2 Å². The highest BCUT2D eigenvalue weighted by Gasteiger charge is 2.46. The molecule has 2 N–H and O–H groups in total. The Labute approximate surface area is 209 Å². The molecule has 1 aliphatic heterocycles. The Bertz CT molecular complexity index is 1230. The van der Waals surface area contributed by atoms with Crippen LogP contribution >= 0.6 is 11.6 Å². The summed E-state index contributed by atoms with van der Waals surface area (Å²) in [6, 6.07) is 20.5. The Hall–Kier alpha value is -3.84. The molecule has 1 heterocycles. The molecule has 4 rings (SSSR count). The van der Waals surface area contributed by atoms with E-state index in [1.807, 2.05) is 38.1 Å². The fourth-order valence-electron chi connectivity index (χ4n) is 3.97. The molecule has 0 aromatic heterocycles. The van der Waals surface area contributed by atoms with Crippen LogP contribution in [0.1, 0.15) is 40.1 Å². The van der Waals surface area contributed by atoms with Crippen LogP contribution in [0.4, 0.5) is 10.5 Å². The number of halogens is 1. The second kappa shape index (κ2) is 10.6. The molecular formula is C27H26ClN3O4. The summed E-state index contributed by atoms with van der Waals surface area (Å²) in [6.07, 6.45) is -1.33. The first kappa shape index (κ1) is 24.3. The van der Waals surface area contributed by atoms with Gasteiger partial charge in [0.25, 0.3) is 5.91 Å². The van der Waals surface area contributed by atoms with Crippen molar-refractivity contribution in [3.63, 3.8) is 0 Å². The van der Waals surface area contributed by atoms with Gasteiger partial charge in [-0.1, -0.05) is 59.6 Å². The lowest BCUT2D eigenvalue weighted by molar-refractivity contribution is -0.126. The first-order valence-electron chi connectivity index (χ1n) is 11.3. The third-order valence-electron chi connectivity index (χ3n) is 5.76. The van der Waals surface area contributed by atoms with Gasteiger partial charge in [-0.25, -0.2) is 4.79 Å². The van der Waals surface area contributed by atoms with E-state index in [4.69, 9.17) is 16.3 Å². The van der Waals surface area contributed by atoms with Crippen molar-refractivity contribution in [3.8, 4) is 0 Å². The summed E-state index contributed by atoms with van der Waals surface area (Å²) in [4.78, 5) is 39.7. The Morgan fingerprint density at radius 3 is 2.40 bits per heavy atom. The SMILES string of the molecule is CCNC(=O)C1C(c2ccc(NC(=O)c3cccc(Cl)c3)cc2)OC(=O)N1Cc1ccc(C)cc1. The summed E-state index contributed by atoms with van der Waals surface area (Å²) in [5.74, 6) is -0.578. The van der Waals surface area contributed by atoms with Crippen LogP contribution in [0.5, 0.6) is 0 Å². The smallest absolute Gasteiger partial charge is 0.411 e. The third-order valence-corrected chi connectivity index (χ3v) is 6.00. The minimum atomic E-state index is -0.823. The molecule has 1 fully saturated rings. The molecule has 1 saturated heterocycles. The fraction of sp³-hybridized carbons (Fsp3) is 0.222. The van der Waals surface area contributed by atoms with Crippen LogP contribution in [0.3, 0.4) is 0 Å². The first-order chi connectivity index (χ1) is 16.9. The molecule has 3 aromatic rings. The Morgan fingerprint density at radius 1 is 1.03 bits per heavy atom. The molecule has 7 nitrogen and oxygen atoms in total. The van der Waals surface area contributed by atoms with Gasteiger partial charge >= 0.3 is 6.09 Å². The maximum Gasteiger partial charge on any atom is 0.411 e. The van der Waals surface area contributed by atoms with Gasteiger partial charge in [0.2, 0.25) is 5.91 Å². The van der Waals surface area contributed by atoms with E-state index >= 15 is 0 Å². The van der Waals surface area contributed by atoms with E-state index in [2.05, 4.69) is 10.6 Å². The zero-order valence-electron chi connectivity index (χ0n) is 19.5. The molecule has 2 unspecified atom stereocenters. The molecule has 35 heavy (non-hydrogen) atoms. The van der Waals surface area contributed by atoms with E-state index in [1.165, 1.54) is 4.90 Å². The number of hydrogen-bond acceptors (Lipinski definition) is 4. The number of carbonyl (C=O) groups excluding carboxylic acids is 3. The van der Waals surface area contributed by atoms with E-state index in [0.717, 1.165) is 11.1 Å². The number of benzene rings is 3. The van der Waals surface area contributed by atoms with Crippen molar-refractivity contribution in [2.24, 2.45) is 0 Å². The first-order valence-corrected chi connectivity index (χ1v) is 11.7. The number of amides is 3. The Morgan fingerprint density at radius 2 is 1.74 bits per heavy atom. The van der Waals surface area contributed by atoms with Crippen LogP contribution in [-0.4, -0.2) is 35.4 Å². The summed E-state index contributed by atoms with van der Waals surface area (Å²) in [6.45, 7) is 4.50. The van der Waals surface area contributed by atoms with Gasteiger partial charge in [-0.15, -0.1) is 0 Å². The quantitative estimate of drug-likeness (QED) is 0.481. The van der Waals surface area contributed by atoms with Crippen molar-refractivity contribution in [1.29, 1.82) is 0 Å². The maximum atomic E-state index is 13.0. The predicted molar refractivity (Wildman–Crippen MR) is 134 cm³/mol. The zero-order valence-corrected chi connectivity index (χ0v) is 20.2. The molecule has 0 saturated carbocycles. The number of carbonyl (C=O) groups is 3. The van der Waals surface area contributed by atoms with Gasteiger partial charge in [0, 0.05) is 22.8 Å². The maximum absolute atomic E-state index is 13.0. The number of rotatable bonds is 7. The van der Waals surface area contributed by atoms with Crippen molar-refractivity contribution in [2.45, 2.75) is 32.5 Å². The molecule has 0 spiro atoms. The van der Waals surface area contributed by atoms with E-state index in [9.17, 15) is 14.4 Å². The highest BCUT2D eigenvalue weighted by atomic mass is 35.5. The van der Waals surface area contributed by atoms with E-state index in [1.54, 1.807) is 48.5 Å². The summed E-state index contributed by atoms with van der Waals surface area (Å²) in [7, 11) is 0. The molecule has 180 valence electrons. The van der Waals surface area contributed by atoms with Gasteiger partial charge in [0.1, 0.15) is 0 Å². The number of cyclic esters (lactones) is 1. The van der Waals surface area contributed by atoms with Crippen molar-refractivity contribution in [2.75, 3.05) is 11.9 Å². The molecule has 0 bridgehead atoms. The van der Waals surface area contributed by atoms with Crippen LogP contribution in [-0.2, 0) is 16.1 Å². The average Bonchev–Trinajstić information content (AvgIpc) is 3.17. The van der Waals surface area contributed by atoms with Crippen molar-refractivity contribution < 1.29 is 19.1 Å². The number of anilines is 1. The molecule has 8 heteroatoms. The molecular weight excluding hydrogens is 466 g/mol. The minimum Gasteiger partial charge on any atom is -0.438 e. The summed E-state index contributed by atoms with van der Waals surface area (Å²) in [5, 5.41) is 6.10. The number of ether oxygens (including phenoxy) is 1. The third kappa shape index (κ3) is 5.63. The predicted octanol–water partition coefficient (Wildman–Crippen LogP) is 5.10. The highest BCUT2D eigenvalue weighted by molar-refractivity contribution is 6.31. The highest BCUT2D eigenvalue weighted by Crippen LogP contribution is 2.34. The lowest BCUT2D eigenvalue weighted by atomic mass is 10.00. The molecule has 2 atom stereocenters. The lowest BCUT2D eigenvalue weighted by Crippen LogP contribution is -2.46. The number of hydrogen-bond donors (Lipinski definition) is 2. The van der Waals surface area contributed by atoms with Crippen molar-refractivity contribution >= 4 is 35.2 Å². The topological polar surface area (TPSA) is 87.7 Å². The van der Waals surface area contributed by atoms with Crippen molar-refractivity contribution in [3.05, 3.63) is 100 Å². The largest absolute Gasteiger partial charge is 0.438 e. The van der Waals surface area contributed by atoms with Crippen LogP contribution in [0.25, 0.3) is 0 Å². The molecule has 3 amide bonds. The van der Waals surface area contributed by atoms with Crippen LogP contribution in [0.15, 0.2) is 72.8 Å². The van der Waals surface area contributed by atoms with Gasteiger partial charge < -0.3 is 15.4 Å². The van der Waals surface area contributed by atoms with Gasteiger partial charge in [0.15, 0.2) is 12.1 Å². The number of nitrogens with one attached hydrogen (secondary N) is 2. The van der Waals surface area contributed by atoms with Crippen LogP contribution in [0, 0.1) is 6.92 Å². The standard InChI is InChI=1S/C27H26ClN3O4/c1-3-29-26(33)23-24(35-27(34)31(23)16-18-9-7-17(2)8-10-18)19-11-13-22(14-12-19)30-25(32)20-5-4-6-21(28)15-20/h4-15,23-24H,3,16H2,1-2H3,(H,29,33)(H,30,32). The summed E-state index contributed by atoms with van der Waals surface area (Å²) in [5.41, 5.74) is 3.67. The van der Waals surface area contributed by atoms with E-state index in [-0.39, 0.29) is 18.4 Å². The number of nitrogens with zero attached hydrogens (tertiary/aromatic N) is 1. The average molecular weight is 492 g/mol. The van der Waals surface area contributed by atoms with Crippen LogP contribution in [0.2, 0.25) is 5.02 Å². The van der Waals surface area contributed by atoms with Gasteiger partial charge in [-0.05, 0) is 55.3 Å². The van der Waals surface area contributed by atoms with Gasteiger partial charge in [0.05, 0.1) is 6.54 Å². The second-order valence-electron chi connectivity index (χ2n) is 8.34. The monoisotopic (exact) mass is 491 g/mol. The molecule has 0 radical (unpaired) electrons. The Balaban J connectivity index is 1.53. The second-order valence-corrected chi connectivity index (χ2v) is 8.78. The Kier molecular flexibility index (Phi) is 7.36. The lowest BCUT2D eigenvalue weighted by Gasteiger charge is -2.24. The fourth-order valence-corrected chi connectivity index (χ4v) is 4.16. The number of aryl methyl sites for hydroxylation is 1. The summed E-state index contributed by atoms with van der Waals surface area (Å²) < 4.78 is 5.66. The molecule has 3 aromatic carbocycles. The molecule has 1 aliphatic rings. The van der Waals surface area contributed by atoms with E-state index in [0.29, 0.717) is 28.4 Å². The van der Waals surface area contributed by atoms with Crippen LogP contribution < -0.4 is 10.6 Å². The molecule has 0 aliphatic carbocycles. The zero-order chi connectivity index (χ0) is 24.9. The number of likely N-dealkylation sites (N-methyl/N-ethyl adjacent to an activating group) is 1. The summed E-state index contributed by atoms with van der Waals surface area (Å²) >= 11 is 5.97. The van der Waals surface area contributed by atoms with Gasteiger partial charge in [-0.3, -0.25) is 14.5 Å². The minimum absolute atomic E-state index is 0.255. The van der Waals surface area contributed by atoms with Gasteiger partial charge in [-0.2, -0.15) is 0 Å².